The number of urea groups is 1. The summed E-state index contributed by atoms with van der Waals surface area (Å²) in [5, 5.41) is 2.46. The predicted molar refractivity (Wildman–Crippen MR) is 36.2 cm³/mol. The van der Waals surface area contributed by atoms with Crippen molar-refractivity contribution >= 4 is 6.03 Å². The van der Waals surface area contributed by atoms with Crippen LogP contribution in [0, 0.1) is 0 Å². The van der Waals surface area contributed by atoms with Crippen LogP contribution in [-0.2, 0) is 4.74 Å². The van der Waals surface area contributed by atoms with Gasteiger partial charge in [-0.25, -0.2) is 4.79 Å². The number of hydrogen-bond donors (Lipinski definition) is 2. The summed E-state index contributed by atoms with van der Waals surface area (Å²) in [6.45, 7) is 0.488. The molecule has 0 spiro atoms. The molecule has 0 aromatic rings. The Balaban J connectivity index is 2.09. The van der Waals surface area contributed by atoms with E-state index in [4.69, 9.17) is 10.5 Å². The van der Waals surface area contributed by atoms with Crippen LogP contribution in [0.4, 0.5) is 4.79 Å². The Kier molecular flexibility index (Phi) is 2.15. The normalized spacial score (nSPS) is 22.2. The quantitative estimate of drug-likeness (QED) is 0.568. The number of rotatable bonds is 2. The van der Waals surface area contributed by atoms with E-state index in [-0.39, 0.29) is 6.10 Å². The van der Waals surface area contributed by atoms with Crippen molar-refractivity contribution < 1.29 is 9.53 Å². The fourth-order valence-electron chi connectivity index (χ4n) is 0.775. The van der Waals surface area contributed by atoms with Gasteiger partial charge in [0.1, 0.15) is 6.10 Å². The third kappa shape index (κ3) is 1.97. The van der Waals surface area contributed by atoms with Crippen LogP contribution < -0.4 is 11.1 Å². The molecule has 2 amide bonds. The van der Waals surface area contributed by atoms with E-state index < -0.39 is 6.03 Å². The highest BCUT2D eigenvalue weighted by Crippen LogP contribution is 2.06. The van der Waals surface area contributed by atoms with Gasteiger partial charge in [-0.3, -0.25) is 0 Å². The molecule has 4 heteroatoms. The predicted octanol–water partition coefficient (Wildman–Crippen LogP) is -0.0427. The van der Waals surface area contributed by atoms with E-state index in [1.807, 2.05) is 6.08 Å². The molecule has 0 fully saturated rings. The zero-order valence-electron chi connectivity index (χ0n) is 5.54. The Hall–Kier alpha value is -1.19. The van der Waals surface area contributed by atoms with Crippen molar-refractivity contribution in [1.82, 2.24) is 5.32 Å². The van der Waals surface area contributed by atoms with Gasteiger partial charge in [0, 0.05) is 6.42 Å². The van der Waals surface area contributed by atoms with Gasteiger partial charge in [0.2, 0.25) is 0 Å². The van der Waals surface area contributed by atoms with Gasteiger partial charge < -0.3 is 15.8 Å². The number of primary amides is 1. The molecule has 1 rings (SSSR count). The first-order valence-corrected chi connectivity index (χ1v) is 3.13. The fourth-order valence-corrected chi connectivity index (χ4v) is 0.775. The van der Waals surface area contributed by atoms with Crippen LogP contribution in [0.3, 0.4) is 0 Å². The van der Waals surface area contributed by atoms with Gasteiger partial charge in [0.15, 0.2) is 0 Å². The third-order valence-electron chi connectivity index (χ3n) is 1.27. The molecule has 1 atom stereocenters. The van der Waals surface area contributed by atoms with Gasteiger partial charge >= 0.3 is 6.03 Å². The van der Waals surface area contributed by atoms with Crippen molar-refractivity contribution in [2.75, 3.05) is 6.54 Å². The minimum Gasteiger partial charge on any atom is -0.496 e. The van der Waals surface area contributed by atoms with E-state index in [1.165, 1.54) is 0 Å². The molecule has 0 aromatic heterocycles. The number of nitrogens with one attached hydrogen (secondary N) is 1. The number of nitrogens with two attached hydrogens (primary N) is 1. The van der Waals surface area contributed by atoms with Gasteiger partial charge in [-0.2, -0.15) is 0 Å². The Labute approximate surface area is 59.0 Å². The maximum Gasteiger partial charge on any atom is 0.312 e. The lowest BCUT2D eigenvalue weighted by atomic mass is 10.3. The largest absolute Gasteiger partial charge is 0.496 e. The van der Waals surface area contributed by atoms with E-state index in [1.54, 1.807) is 6.26 Å². The lowest BCUT2D eigenvalue weighted by Gasteiger charge is -2.08. The molecule has 0 radical (unpaired) electrons. The molecule has 56 valence electrons. The Bertz CT molecular complexity index is 148. The Morgan fingerprint density at radius 1 is 1.90 bits per heavy atom. The summed E-state index contributed by atoms with van der Waals surface area (Å²) in [6, 6.07) is -0.504. The zero-order chi connectivity index (χ0) is 7.40. The third-order valence-corrected chi connectivity index (χ3v) is 1.27. The highest BCUT2D eigenvalue weighted by molar-refractivity contribution is 5.71. The summed E-state index contributed by atoms with van der Waals surface area (Å²) in [4.78, 5) is 10.2. The topological polar surface area (TPSA) is 64.4 Å². The lowest BCUT2D eigenvalue weighted by Crippen LogP contribution is -2.35. The number of carbonyl (C=O) groups excluding carboxylic acids is 1. The standard InChI is InChI=1S/C6H10N2O2/c7-6(9)8-4-5-2-1-3-10-5/h1,3,5H,2,4H2,(H3,7,8,9). The van der Waals surface area contributed by atoms with Gasteiger partial charge in [-0.05, 0) is 6.08 Å². The van der Waals surface area contributed by atoms with E-state index in [9.17, 15) is 4.79 Å². The number of ether oxygens (including phenoxy) is 1. The minimum absolute atomic E-state index is 0.0764. The fraction of sp³-hybridized carbons (Fsp3) is 0.500. The first-order chi connectivity index (χ1) is 4.79. The molecular weight excluding hydrogens is 132 g/mol. The maximum absolute atomic E-state index is 10.2. The lowest BCUT2D eigenvalue weighted by molar-refractivity contribution is 0.168. The summed E-state index contributed by atoms with van der Waals surface area (Å²) in [5.41, 5.74) is 4.84. The minimum atomic E-state index is -0.504. The van der Waals surface area contributed by atoms with E-state index in [2.05, 4.69) is 5.32 Å². The molecule has 0 saturated carbocycles. The van der Waals surface area contributed by atoms with Crippen molar-refractivity contribution in [2.24, 2.45) is 5.73 Å². The smallest absolute Gasteiger partial charge is 0.312 e. The maximum atomic E-state index is 10.2. The van der Waals surface area contributed by atoms with Crippen LogP contribution in [-0.4, -0.2) is 18.7 Å². The van der Waals surface area contributed by atoms with Crippen molar-refractivity contribution in [1.29, 1.82) is 0 Å². The van der Waals surface area contributed by atoms with Crippen molar-refractivity contribution in [3.05, 3.63) is 12.3 Å². The molecular formula is C6H10N2O2. The van der Waals surface area contributed by atoms with Gasteiger partial charge in [-0.1, -0.05) is 0 Å². The SMILES string of the molecule is NC(=O)NCC1CC=CO1. The van der Waals surface area contributed by atoms with Crippen LogP contribution in [0.1, 0.15) is 6.42 Å². The van der Waals surface area contributed by atoms with E-state index >= 15 is 0 Å². The van der Waals surface area contributed by atoms with Crippen LogP contribution in [0.25, 0.3) is 0 Å². The summed E-state index contributed by atoms with van der Waals surface area (Å²) in [5.74, 6) is 0. The average Bonchev–Trinajstić information content (AvgIpc) is 2.34. The van der Waals surface area contributed by atoms with Gasteiger partial charge in [0.05, 0.1) is 12.8 Å². The van der Waals surface area contributed by atoms with Gasteiger partial charge in [0.25, 0.3) is 0 Å². The van der Waals surface area contributed by atoms with E-state index in [0.29, 0.717) is 6.54 Å². The molecule has 1 aliphatic rings. The van der Waals surface area contributed by atoms with Crippen LogP contribution in [0.2, 0.25) is 0 Å². The summed E-state index contributed by atoms with van der Waals surface area (Å²) >= 11 is 0. The van der Waals surface area contributed by atoms with Crippen LogP contribution in [0.5, 0.6) is 0 Å². The number of amides is 2. The van der Waals surface area contributed by atoms with E-state index in [0.717, 1.165) is 6.42 Å². The number of hydrogen-bond acceptors (Lipinski definition) is 2. The Morgan fingerprint density at radius 2 is 2.70 bits per heavy atom. The molecule has 4 nitrogen and oxygen atoms in total. The van der Waals surface area contributed by atoms with Crippen molar-refractivity contribution in [3.8, 4) is 0 Å². The first-order valence-electron chi connectivity index (χ1n) is 3.13. The summed E-state index contributed by atoms with van der Waals surface area (Å²) < 4.78 is 5.05. The molecule has 1 unspecified atom stereocenters. The second-order valence-electron chi connectivity index (χ2n) is 2.11. The average molecular weight is 142 g/mol. The first kappa shape index (κ1) is 6.92. The molecule has 3 N–H and O–H groups in total. The van der Waals surface area contributed by atoms with Crippen LogP contribution in [0.15, 0.2) is 12.3 Å². The summed E-state index contributed by atoms with van der Waals surface area (Å²) in [6.07, 6.45) is 4.47. The molecule has 0 aliphatic carbocycles. The molecule has 0 bridgehead atoms. The highest BCUT2D eigenvalue weighted by Gasteiger charge is 2.10. The number of carbonyl (C=O) groups is 1. The highest BCUT2D eigenvalue weighted by atomic mass is 16.5. The zero-order valence-corrected chi connectivity index (χ0v) is 5.54. The second-order valence-corrected chi connectivity index (χ2v) is 2.11. The molecule has 0 aromatic carbocycles. The van der Waals surface area contributed by atoms with Crippen LogP contribution >= 0.6 is 0 Å². The molecule has 1 aliphatic heterocycles. The molecule has 10 heavy (non-hydrogen) atoms. The molecule has 1 heterocycles. The summed E-state index contributed by atoms with van der Waals surface area (Å²) in [7, 11) is 0. The Morgan fingerprint density at radius 3 is 3.20 bits per heavy atom. The monoisotopic (exact) mass is 142 g/mol. The van der Waals surface area contributed by atoms with Crippen molar-refractivity contribution in [3.63, 3.8) is 0 Å². The molecule has 0 saturated heterocycles. The van der Waals surface area contributed by atoms with Crippen molar-refractivity contribution in [2.45, 2.75) is 12.5 Å². The van der Waals surface area contributed by atoms with Gasteiger partial charge in [-0.15, -0.1) is 0 Å². The second kappa shape index (κ2) is 3.10.